The Bertz CT molecular complexity index is 1170. The van der Waals surface area contributed by atoms with E-state index in [1.807, 2.05) is 4.90 Å². The fourth-order valence-corrected chi connectivity index (χ4v) is 6.78. The lowest BCUT2D eigenvalue weighted by Gasteiger charge is -2.31. The Labute approximate surface area is 187 Å². The number of halogens is 4. The molecule has 1 fully saturated rings. The van der Waals surface area contributed by atoms with Gasteiger partial charge in [-0.05, 0) is 49.2 Å². The lowest BCUT2D eigenvalue weighted by atomic mass is 10.1. The van der Waals surface area contributed by atoms with Crippen molar-refractivity contribution in [2.45, 2.75) is 23.0 Å². The minimum atomic E-state index is -3.55. The van der Waals surface area contributed by atoms with Gasteiger partial charge >= 0.3 is 0 Å². The Morgan fingerprint density at radius 2 is 1.67 bits per heavy atom. The summed E-state index contributed by atoms with van der Waals surface area (Å²) >= 11 is 13.3. The van der Waals surface area contributed by atoms with Crippen LogP contribution in [0.5, 0.6) is 0 Å². The summed E-state index contributed by atoms with van der Waals surface area (Å²) in [5, 5.41) is 2.53. The summed E-state index contributed by atoms with van der Waals surface area (Å²) in [6, 6.07) is 8.00. The van der Waals surface area contributed by atoms with Gasteiger partial charge in [-0.15, -0.1) is 11.3 Å². The third-order valence-electron chi connectivity index (χ3n) is 5.02. The summed E-state index contributed by atoms with van der Waals surface area (Å²) in [5.41, 5.74) is 1.05. The van der Waals surface area contributed by atoms with Crippen LogP contribution in [0.15, 0.2) is 46.7 Å². The molecular weight excluding hydrogens is 473 g/mol. The molecule has 10 heteroatoms. The first kappa shape index (κ1) is 21.5. The topological polar surface area (TPSA) is 50.3 Å². The van der Waals surface area contributed by atoms with Gasteiger partial charge in [-0.2, -0.15) is 0 Å². The average Bonchev–Trinajstić information content (AvgIpc) is 3.20. The normalized spacial score (nSPS) is 15.5. The van der Waals surface area contributed by atoms with Gasteiger partial charge in [0, 0.05) is 34.1 Å². The molecule has 0 radical (unpaired) electrons. The quantitative estimate of drug-likeness (QED) is 0.462. The molecule has 0 aliphatic carbocycles. The molecule has 1 aromatic heterocycles. The van der Waals surface area contributed by atoms with E-state index in [4.69, 9.17) is 23.2 Å². The number of hydrogen-bond donors (Lipinski definition) is 0. The number of sulfone groups is 1. The van der Waals surface area contributed by atoms with Crippen LogP contribution in [0.1, 0.15) is 12.8 Å². The van der Waals surface area contributed by atoms with Crippen LogP contribution in [0.4, 0.5) is 13.9 Å². The van der Waals surface area contributed by atoms with Crippen LogP contribution in [0.2, 0.25) is 10.0 Å². The molecule has 30 heavy (non-hydrogen) atoms. The van der Waals surface area contributed by atoms with Crippen LogP contribution in [0.3, 0.4) is 0 Å². The fraction of sp³-hybridized carbons (Fsp3) is 0.250. The Morgan fingerprint density at radius 1 is 1.00 bits per heavy atom. The molecule has 4 nitrogen and oxygen atoms in total. The van der Waals surface area contributed by atoms with Crippen LogP contribution in [0, 0.1) is 11.6 Å². The van der Waals surface area contributed by atoms with Crippen molar-refractivity contribution in [1.29, 1.82) is 0 Å². The van der Waals surface area contributed by atoms with Crippen molar-refractivity contribution in [1.82, 2.24) is 4.98 Å². The lowest BCUT2D eigenvalue weighted by Crippen LogP contribution is -2.39. The second kappa shape index (κ2) is 8.42. The zero-order chi connectivity index (χ0) is 21.5. The highest BCUT2D eigenvalue weighted by molar-refractivity contribution is 7.92. The summed E-state index contributed by atoms with van der Waals surface area (Å²) in [5.74, 6) is -1.83. The van der Waals surface area contributed by atoms with Crippen molar-refractivity contribution >= 4 is 49.5 Å². The minimum absolute atomic E-state index is 0.133. The first-order chi connectivity index (χ1) is 14.2. The maximum Gasteiger partial charge on any atom is 0.185 e. The van der Waals surface area contributed by atoms with E-state index in [9.17, 15) is 17.2 Å². The monoisotopic (exact) mass is 488 g/mol. The maximum absolute atomic E-state index is 13.5. The third kappa shape index (κ3) is 4.32. The summed E-state index contributed by atoms with van der Waals surface area (Å²) in [4.78, 5) is 6.65. The highest BCUT2D eigenvalue weighted by Crippen LogP contribution is 2.33. The molecule has 0 bridgehead atoms. The average molecular weight is 489 g/mol. The van der Waals surface area contributed by atoms with Gasteiger partial charge in [-0.1, -0.05) is 23.2 Å². The molecule has 3 aromatic rings. The molecule has 1 aliphatic heterocycles. The van der Waals surface area contributed by atoms with E-state index in [1.165, 1.54) is 35.6 Å². The molecule has 1 saturated heterocycles. The number of piperidine rings is 1. The van der Waals surface area contributed by atoms with E-state index in [2.05, 4.69) is 4.98 Å². The highest BCUT2D eigenvalue weighted by Gasteiger charge is 2.32. The molecule has 1 aliphatic rings. The summed E-state index contributed by atoms with van der Waals surface area (Å²) < 4.78 is 52.6. The smallest absolute Gasteiger partial charge is 0.185 e. The molecule has 0 saturated carbocycles. The molecule has 0 spiro atoms. The lowest BCUT2D eigenvalue weighted by molar-refractivity contribution is 0.509. The van der Waals surface area contributed by atoms with Crippen molar-refractivity contribution in [3.8, 4) is 11.3 Å². The van der Waals surface area contributed by atoms with Crippen LogP contribution in [-0.2, 0) is 9.84 Å². The van der Waals surface area contributed by atoms with Gasteiger partial charge < -0.3 is 4.90 Å². The zero-order valence-corrected chi connectivity index (χ0v) is 18.6. The Balaban J connectivity index is 1.47. The zero-order valence-electron chi connectivity index (χ0n) is 15.5. The Morgan fingerprint density at radius 3 is 2.30 bits per heavy atom. The first-order valence-corrected chi connectivity index (χ1v) is 12.3. The van der Waals surface area contributed by atoms with E-state index >= 15 is 0 Å². The second-order valence-corrected chi connectivity index (χ2v) is 10.9. The third-order valence-corrected chi connectivity index (χ3v) is 8.60. The van der Waals surface area contributed by atoms with Crippen molar-refractivity contribution in [2.75, 3.05) is 18.0 Å². The molecule has 4 rings (SSSR count). The summed E-state index contributed by atoms with van der Waals surface area (Å²) in [7, 11) is -3.55. The van der Waals surface area contributed by atoms with E-state index in [0.717, 1.165) is 17.3 Å². The number of anilines is 1. The van der Waals surface area contributed by atoms with Crippen LogP contribution in [0.25, 0.3) is 11.3 Å². The fourth-order valence-electron chi connectivity index (χ4n) is 3.44. The largest absolute Gasteiger partial charge is 0.348 e. The number of aromatic nitrogens is 1. The molecular formula is C20H16Cl2F2N2O2S2. The molecule has 0 amide bonds. The SMILES string of the molecule is O=S(=O)(c1cc(Cl)cc(Cl)c1)C1CCN(c2nc(-c3ccc(F)c(F)c3)cs2)CC1. The van der Waals surface area contributed by atoms with Gasteiger partial charge in [-0.3, -0.25) is 0 Å². The standard InChI is InChI=1S/C20H16Cl2F2N2O2S2/c21-13-8-14(22)10-16(9-13)30(27,28)15-3-5-26(6-4-15)20-25-19(11-29-20)12-1-2-17(23)18(24)7-12/h1-2,7-11,15H,3-6H2. The second-order valence-electron chi connectivity index (χ2n) is 6.98. The van der Waals surface area contributed by atoms with E-state index in [0.29, 0.717) is 37.2 Å². The molecule has 158 valence electrons. The van der Waals surface area contributed by atoms with Gasteiger partial charge in [0.1, 0.15) is 0 Å². The van der Waals surface area contributed by atoms with Gasteiger partial charge in [0.2, 0.25) is 0 Å². The van der Waals surface area contributed by atoms with Crippen molar-refractivity contribution < 1.29 is 17.2 Å². The van der Waals surface area contributed by atoms with Gasteiger partial charge in [0.25, 0.3) is 0 Å². The van der Waals surface area contributed by atoms with Crippen LogP contribution in [-0.4, -0.2) is 31.7 Å². The van der Waals surface area contributed by atoms with Gasteiger partial charge in [0.05, 0.1) is 15.8 Å². The minimum Gasteiger partial charge on any atom is -0.348 e. The van der Waals surface area contributed by atoms with Crippen molar-refractivity contribution in [2.24, 2.45) is 0 Å². The number of rotatable bonds is 4. The molecule has 0 N–H and O–H groups in total. The number of thiazole rings is 1. The highest BCUT2D eigenvalue weighted by atomic mass is 35.5. The summed E-state index contributed by atoms with van der Waals surface area (Å²) in [6.07, 6.45) is 0.874. The van der Waals surface area contributed by atoms with E-state index in [1.54, 1.807) is 5.38 Å². The molecule has 2 heterocycles. The van der Waals surface area contributed by atoms with Gasteiger partial charge in [0.15, 0.2) is 26.6 Å². The number of hydrogen-bond acceptors (Lipinski definition) is 5. The predicted octanol–water partition coefficient (Wildman–Crippen LogP) is 5.84. The predicted molar refractivity (Wildman–Crippen MR) is 116 cm³/mol. The molecule has 0 unspecified atom stereocenters. The number of benzene rings is 2. The number of nitrogens with zero attached hydrogens (tertiary/aromatic N) is 2. The first-order valence-electron chi connectivity index (χ1n) is 9.10. The molecule has 2 aromatic carbocycles. The van der Waals surface area contributed by atoms with Crippen LogP contribution >= 0.6 is 34.5 Å². The Hall–Kier alpha value is -1.74. The maximum atomic E-state index is 13.5. The van der Waals surface area contributed by atoms with E-state index < -0.39 is 26.7 Å². The van der Waals surface area contributed by atoms with Gasteiger partial charge in [-0.25, -0.2) is 22.2 Å². The molecule has 0 atom stereocenters. The van der Waals surface area contributed by atoms with Crippen molar-refractivity contribution in [3.05, 3.63) is 63.5 Å². The summed E-state index contributed by atoms with van der Waals surface area (Å²) in [6.45, 7) is 1.03. The van der Waals surface area contributed by atoms with Crippen LogP contribution < -0.4 is 4.90 Å². The van der Waals surface area contributed by atoms with E-state index in [-0.39, 0.29) is 14.9 Å². The van der Waals surface area contributed by atoms with Crippen molar-refractivity contribution in [3.63, 3.8) is 0 Å². The Kier molecular flexibility index (Phi) is 6.03.